The van der Waals surface area contributed by atoms with Crippen molar-refractivity contribution in [3.05, 3.63) is 42.0 Å². The summed E-state index contributed by atoms with van der Waals surface area (Å²) in [6.07, 6.45) is 4.60. The molecule has 0 aromatic heterocycles. The molecule has 0 saturated heterocycles. The molecule has 4 atom stereocenters. The lowest BCUT2D eigenvalue weighted by Crippen LogP contribution is -2.36. The van der Waals surface area contributed by atoms with E-state index in [1.54, 1.807) is 24.3 Å². The number of carbonyl (C=O) groups is 3. The van der Waals surface area contributed by atoms with Gasteiger partial charge in [-0.25, -0.2) is 0 Å². The molecule has 1 amide bonds. The second kappa shape index (κ2) is 5.40. The molecule has 1 aromatic rings. The van der Waals surface area contributed by atoms with Crippen molar-refractivity contribution in [1.29, 1.82) is 0 Å². The predicted octanol–water partition coefficient (Wildman–Crippen LogP) is 2.35. The molecule has 1 saturated carbocycles. The molecule has 0 radical (unpaired) electrons. The minimum Gasteiger partial charge on any atom is -0.481 e. The second-order valence-electron chi connectivity index (χ2n) is 5.96. The number of fused-ring (bicyclic) bond motifs is 2. The summed E-state index contributed by atoms with van der Waals surface area (Å²) in [4.78, 5) is 35.1. The number of amides is 1. The summed E-state index contributed by atoms with van der Waals surface area (Å²) in [5.41, 5.74) is 1.15. The number of benzene rings is 1. The van der Waals surface area contributed by atoms with Gasteiger partial charge in [-0.1, -0.05) is 12.2 Å². The molecule has 2 bridgehead atoms. The average Bonchev–Trinajstić information content (AvgIpc) is 3.08. The van der Waals surface area contributed by atoms with E-state index in [1.807, 2.05) is 12.2 Å². The van der Waals surface area contributed by atoms with E-state index in [0.29, 0.717) is 11.3 Å². The number of allylic oxidation sites excluding steroid dienone is 2. The van der Waals surface area contributed by atoms with Crippen LogP contribution in [0.25, 0.3) is 0 Å². The van der Waals surface area contributed by atoms with E-state index < -0.39 is 17.8 Å². The highest BCUT2D eigenvalue weighted by Crippen LogP contribution is 2.48. The number of hydrogen-bond acceptors (Lipinski definition) is 3. The fraction of sp³-hybridized carbons (Fsp3) is 0.353. The van der Waals surface area contributed by atoms with Crippen LogP contribution in [-0.4, -0.2) is 22.8 Å². The zero-order valence-electron chi connectivity index (χ0n) is 12.2. The molecule has 3 rings (SSSR count). The summed E-state index contributed by atoms with van der Waals surface area (Å²) in [6.45, 7) is 1.48. The Balaban J connectivity index is 1.75. The molecule has 0 heterocycles. The van der Waals surface area contributed by atoms with Crippen LogP contribution in [0.2, 0.25) is 0 Å². The largest absolute Gasteiger partial charge is 0.481 e. The van der Waals surface area contributed by atoms with E-state index in [9.17, 15) is 19.5 Å². The fourth-order valence-electron chi connectivity index (χ4n) is 3.53. The van der Waals surface area contributed by atoms with Gasteiger partial charge in [-0.15, -0.1) is 0 Å². The minimum atomic E-state index is -0.913. The van der Waals surface area contributed by atoms with Crippen LogP contribution in [0.15, 0.2) is 36.4 Å². The van der Waals surface area contributed by atoms with Gasteiger partial charge in [-0.2, -0.15) is 0 Å². The Morgan fingerprint density at radius 1 is 1.05 bits per heavy atom. The van der Waals surface area contributed by atoms with Crippen molar-refractivity contribution in [3.63, 3.8) is 0 Å². The standard InChI is InChI=1S/C17H17NO4/c1-9(19)10-4-6-13(7-5-10)18-16(20)14-11-2-3-12(8-11)15(14)17(21)22/h2-7,11-12,14-15H,8H2,1H3,(H,18,20)(H,21,22)/t11-,12-,14+,15+/m1/s1. The van der Waals surface area contributed by atoms with Gasteiger partial charge in [-0.3, -0.25) is 14.4 Å². The van der Waals surface area contributed by atoms with Gasteiger partial charge in [-0.05, 0) is 49.4 Å². The molecular formula is C17H17NO4. The molecule has 5 heteroatoms. The third-order valence-corrected chi connectivity index (χ3v) is 4.61. The summed E-state index contributed by atoms with van der Waals surface area (Å²) in [7, 11) is 0. The number of anilines is 1. The maximum absolute atomic E-state index is 12.5. The Morgan fingerprint density at radius 3 is 2.18 bits per heavy atom. The summed E-state index contributed by atoms with van der Waals surface area (Å²) in [5, 5.41) is 12.1. The summed E-state index contributed by atoms with van der Waals surface area (Å²) in [5.74, 6) is -2.43. The normalized spacial score (nSPS) is 28.6. The molecule has 2 N–H and O–H groups in total. The summed E-state index contributed by atoms with van der Waals surface area (Å²) < 4.78 is 0. The maximum atomic E-state index is 12.5. The van der Waals surface area contributed by atoms with Crippen molar-refractivity contribution in [1.82, 2.24) is 0 Å². The molecule has 114 valence electrons. The van der Waals surface area contributed by atoms with Crippen LogP contribution in [0.4, 0.5) is 5.69 Å². The fourth-order valence-corrected chi connectivity index (χ4v) is 3.53. The van der Waals surface area contributed by atoms with Gasteiger partial charge in [0.15, 0.2) is 5.78 Å². The number of Topliss-reactive ketones (excluding diaryl/α,β-unsaturated/α-hetero) is 1. The van der Waals surface area contributed by atoms with Crippen molar-refractivity contribution in [2.45, 2.75) is 13.3 Å². The Hall–Kier alpha value is -2.43. The molecule has 0 unspecified atom stereocenters. The van der Waals surface area contributed by atoms with Crippen molar-refractivity contribution in [3.8, 4) is 0 Å². The van der Waals surface area contributed by atoms with Crippen LogP contribution in [0, 0.1) is 23.7 Å². The molecule has 22 heavy (non-hydrogen) atoms. The Labute approximate surface area is 128 Å². The highest BCUT2D eigenvalue weighted by Gasteiger charge is 2.51. The van der Waals surface area contributed by atoms with Crippen molar-refractivity contribution in [2.75, 3.05) is 5.32 Å². The maximum Gasteiger partial charge on any atom is 0.307 e. The quantitative estimate of drug-likeness (QED) is 0.660. The van der Waals surface area contributed by atoms with Gasteiger partial charge < -0.3 is 10.4 Å². The number of carboxylic acid groups (broad SMARTS) is 1. The molecule has 2 aliphatic rings. The molecule has 1 aromatic carbocycles. The number of nitrogens with one attached hydrogen (secondary N) is 1. The van der Waals surface area contributed by atoms with Crippen molar-refractivity contribution >= 4 is 23.3 Å². The van der Waals surface area contributed by atoms with Crippen LogP contribution in [0.5, 0.6) is 0 Å². The van der Waals surface area contributed by atoms with Crippen molar-refractivity contribution in [2.24, 2.45) is 23.7 Å². The monoisotopic (exact) mass is 299 g/mol. The average molecular weight is 299 g/mol. The highest BCUT2D eigenvalue weighted by molar-refractivity contribution is 5.98. The van der Waals surface area contributed by atoms with Gasteiger partial charge in [0.1, 0.15) is 0 Å². The predicted molar refractivity (Wildman–Crippen MR) is 80.4 cm³/mol. The smallest absolute Gasteiger partial charge is 0.307 e. The Kier molecular flexibility index (Phi) is 3.56. The van der Waals surface area contributed by atoms with Crippen LogP contribution >= 0.6 is 0 Å². The molecule has 0 spiro atoms. The molecule has 2 aliphatic carbocycles. The van der Waals surface area contributed by atoms with E-state index in [4.69, 9.17) is 0 Å². The zero-order valence-corrected chi connectivity index (χ0v) is 12.2. The number of carboxylic acids is 1. The molecule has 0 aliphatic heterocycles. The topological polar surface area (TPSA) is 83.5 Å². The van der Waals surface area contributed by atoms with Gasteiger partial charge in [0, 0.05) is 11.3 Å². The lowest BCUT2D eigenvalue weighted by Gasteiger charge is -2.23. The van der Waals surface area contributed by atoms with Gasteiger partial charge in [0.2, 0.25) is 5.91 Å². The summed E-state index contributed by atoms with van der Waals surface area (Å²) in [6, 6.07) is 6.61. The van der Waals surface area contributed by atoms with Crippen molar-refractivity contribution < 1.29 is 19.5 Å². The van der Waals surface area contributed by atoms with E-state index in [2.05, 4.69) is 5.32 Å². The first-order valence-electron chi connectivity index (χ1n) is 7.30. The first-order chi connectivity index (χ1) is 10.5. The highest BCUT2D eigenvalue weighted by atomic mass is 16.4. The molecular weight excluding hydrogens is 282 g/mol. The zero-order chi connectivity index (χ0) is 15.9. The number of aliphatic carboxylic acids is 1. The van der Waals surface area contributed by atoms with E-state index in [1.165, 1.54) is 6.92 Å². The number of carbonyl (C=O) groups excluding carboxylic acids is 2. The SMILES string of the molecule is CC(=O)c1ccc(NC(=O)[C@@H]2[C@@H](C(=O)O)[C@@H]3C=C[C@@H]2C3)cc1. The van der Waals surface area contributed by atoms with Crippen LogP contribution in [0.1, 0.15) is 23.7 Å². The Bertz CT molecular complexity index is 662. The minimum absolute atomic E-state index is 0.00240. The second-order valence-corrected chi connectivity index (χ2v) is 5.96. The van der Waals surface area contributed by atoms with E-state index in [0.717, 1.165) is 6.42 Å². The first-order valence-corrected chi connectivity index (χ1v) is 7.30. The molecule has 1 fully saturated rings. The van der Waals surface area contributed by atoms with Gasteiger partial charge in [0.25, 0.3) is 0 Å². The summed E-state index contributed by atoms with van der Waals surface area (Å²) >= 11 is 0. The Morgan fingerprint density at radius 2 is 1.64 bits per heavy atom. The van der Waals surface area contributed by atoms with Crippen LogP contribution in [-0.2, 0) is 9.59 Å². The van der Waals surface area contributed by atoms with Crippen LogP contribution < -0.4 is 5.32 Å². The lowest BCUT2D eigenvalue weighted by molar-refractivity contribution is -0.146. The van der Waals surface area contributed by atoms with Gasteiger partial charge >= 0.3 is 5.97 Å². The molecule has 5 nitrogen and oxygen atoms in total. The van der Waals surface area contributed by atoms with Crippen LogP contribution in [0.3, 0.4) is 0 Å². The van der Waals surface area contributed by atoms with E-state index >= 15 is 0 Å². The number of ketones is 1. The van der Waals surface area contributed by atoms with E-state index in [-0.39, 0.29) is 23.5 Å². The third-order valence-electron chi connectivity index (χ3n) is 4.61. The number of rotatable bonds is 4. The number of hydrogen-bond donors (Lipinski definition) is 2. The lowest BCUT2D eigenvalue weighted by atomic mass is 9.82. The first kappa shape index (κ1) is 14.5. The van der Waals surface area contributed by atoms with Gasteiger partial charge in [0.05, 0.1) is 11.8 Å². The third kappa shape index (κ3) is 2.43.